The molecule has 0 saturated heterocycles. The van der Waals surface area contributed by atoms with E-state index in [0.29, 0.717) is 18.1 Å². The Balaban J connectivity index is 1.80. The third-order valence-electron chi connectivity index (χ3n) is 3.25. The summed E-state index contributed by atoms with van der Waals surface area (Å²) in [7, 11) is 0. The first-order chi connectivity index (χ1) is 13.0. The molecule has 0 aliphatic carbocycles. The van der Waals surface area contributed by atoms with Gasteiger partial charge in [0.25, 0.3) is 5.91 Å². The molecule has 0 spiro atoms. The van der Waals surface area contributed by atoms with Crippen molar-refractivity contribution >= 4 is 40.8 Å². The van der Waals surface area contributed by atoms with Crippen LogP contribution in [0, 0.1) is 0 Å². The summed E-state index contributed by atoms with van der Waals surface area (Å²) in [5.74, 6) is -0.292. The van der Waals surface area contributed by atoms with Gasteiger partial charge in [-0.3, -0.25) is 4.79 Å². The Labute approximate surface area is 167 Å². The third-order valence-corrected chi connectivity index (χ3v) is 3.88. The number of carbonyl (C=O) groups excluding carboxylic acids is 2. The van der Waals surface area contributed by atoms with E-state index in [1.165, 1.54) is 0 Å². The van der Waals surface area contributed by atoms with E-state index in [4.69, 9.17) is 37.4 Å². The van der Waals surface area contributed by atoms with Crippen LogP contribution in [0.3, 0.4) is 0 Å². The Morgan fingerprint density at radius 3 is 2.19 bits per heavy atom. The van der Waals surface area contributed by atoms with E-state index in [1.54, 1.807) is 42.5 Å². The molecule has 144 valence electrons. The first-order valence-corrected chi connectivity index (χ1v) is 9.01. The molecule has 2 aromatic rings. The molecule has 0 atom stereocenters. The fourth-order valence-corrected chi connectivity index (χ4v) is 2.51. The maximum absolute atomic E-state index is 11.9. The number of hydrogen-bond acceptors (Lipinski definition) is 5. The van der Waals surface area contributed by atoms with Crippen molar-refractivity contribution in [2.45, 2.75) is 13.3 Å². The van der Waals surface area contributed by atoms with Gasteiger partial charge in [0.2, 0.25) is 0 Å². The fourth-order valence-electron chi connectivity index (χ4n) is 2.02. The number of amides is 1. The SMILES string of the molecule is CCCOc1ccccc1OCC(=O)OCC(=O)Nc1c(Cl)cccc1Cl. The third kappa shape index (κ3) is 6.66. The molecule has 6 nitrogen and oxygen atoms in total. The summed E-state index contributed by atoms with van der Waals surface area (Å²) >= 11 is 11.9. The van der Waals surface area contributed by atoms with E-state index in [1.807, 2.05) is 6.92 Å². The number of para-hydroxylation sites is 3. The van der Waals surface area contributed by atoms with Crippen molar-refractivity contribution in [2.75, 3.05) is 25.1 Å². The van der Waals surface area contributed by atoms with Crippen LogP contribution in [0.1, 0.15) is 13.3 Å². The molecule has 1 amide bonds. The van der Waals surface area contributed by atoms with Crippen LogP contribution in [0.25, 0.3) is 0 Å². The van der Waals surface area contributed by atoms with Gasteiger partial charge in [-0.1, -0.05) is 48.3 Å². The Morgan fingerprint density at radius 2 is 1.56 bits per heavy atom. The zero-order chi connectivity index (χ0) is 19.6. The molecule has 0 saturated carbocycles. The molecule has 0 unspecified atom stereocenters. The normalized spacial score (nSPS) is 10.2. The molecule has 2 aromatic carbocycles. The zero-order valence-electron chi connectivity index (χ0n) is 14.7. The Morgan fingerprint density at radius 1 is 0.926 bits per heavy atom. The second-order valence-corrected chi connectivity index (χ2v) is 6.20. The maximum atomic E-state index is 11.9. The fraction of sp³-hybridized carbons (Fsp3) is 0.263. The van der Waals surface area contributed by atoms with Gasteiger partial charge < -0.3 is 19.5 Å². The smallest absolute Gasteiger partial charge is 0.344 e. The van der Waals surface area contributed by atoms with Gasteiger partial charge >= 0.3 is 5.97 Å². The van der Waals surface area contributed by atoms with E-state index in [2.05, 4.69) is 5.32 Å². The summed E-state index contributed by atoms with van der Waals surface area (Å²) in [6.45, 7) is 1.68. The van der Waals surface area contributed by atoms with Crippen LogP contribution >= 0.6 is 23.2 Å². The van der Waals surface area contributed by atoms with Crippen LogP contribution in [-0.2, 0) is 14.3 Å². The van der Waals surface area contributed by atoms with E-state index in [0.717, 1.165) is 6.42 Å². The second-order valence-electron chi connectivity index (χ2n) is 5.39. The summed E-state index contributed by atoms with van der Waals surface area (Å²) in [6.07, 6.45) is 0.848. The minimum absolute atomic E-state index is 0.264. The van der Waals surface area contributed by atoms with Gasteiger partial charge in [-0.2, -0.15) is 0 Å². The number of esters is 1. The molecule has 0 heterocycles. The van der Waals surface area contributed by atoms with Crippen LogP contribution in [-0.4, -0.2) is 31.7 Å². The van der Waals surface area contributed by atoms with Crippen LogP contribution < -0.4 is 14.8 Å². The minimum Gasteiger partial charge on any atom is -0.490 e. The minimum atomic E-state index is -0.694. The van der Waals surface area contributed by atoms with Crippen LogP contribution in [0.5, 0.6) is 11.5 Å². The van der Waals surface area contributed by atoms with Crippen molar-refractivity contribution in [3.8, 4) is 11.5 Å². The van der Waals surface area contributed by atoms with Gasteiger partial charge in [-0.15, -0.1) is 0 Å². The highest BCUT2D eigenvalue weighted by atomic mass is 35.5. The molecular formula is C19H19Cl2NO5. The van der Waals surface area contributed by atoms with Crippen LogP contribution in [0.2, 0.25) is 10.0 Å². The van der Waals surface area contributed by atoms with Crippen molar-refractivity contribution in [2.24, 2.45) is 0 Å². The van der Waals surface area contributed by atoms with Crippen LogP contribution in [0.15, 0.2) is 42.5 Å². The van der Waals surface area contributed by atoms with Crippen LogP contribution in [0.4, 0.5) is 5.69 Å². The number of benzene rings is 2. The van der Waals surface area contributed by atoms with Gasteiger partial charge in [0.1, 0.15) is 0 Å². The number of halogens is 2. The van der Waals surface area contributed by atoms with E-state index >= 15 is 0 Å². The molecular weight excluding hydrogens is 393 g/mol. The number of nitrogens with one attached hydrogen (secondary N) is 1. The summed E-state index contributed by atoms with van der Waals surface area (Å²) in [5, 5.41) is 3.07. The van der Waals surface area contributed by atoms with E-state index in [9.17, 15) is 9.59 Å². The number of rotatable bonds is 9. The van der Waals surface area contributed by atoms with Gasteiger partial charge in [0.05, 0.1) is 22.3 Å². The standard InChI is InChI=1S/C19H19Cl2NO5/c1-2-10-25-15-8-3-4-9-16(15)26-12-18(24)27-11-17(23)22-19-13(20)6-5-7-14(19)21/h3-9H,2,10-12H2,1H3,(H,22,23). The number of hydrogen-bond donors (Lipinski definition) is 1. The molecule has 0 aliphatic heterocycles. The Bertz CT molecular complexity index is 777. The topological polar surface area (TPSA) is 73.9 Å². The molecule has 0 aromatic heterocycles. The summed E-state index contributed by atoms with van der Waals surface area (Å²) < 4.78 is 15.8. The van der Waals surface area contributed by atoms with Gasteiger partial charge in [0.15, 0.2) is 24.7 Å². The molecule has 2 rings (SSSR count). The summed E-state index contributed by atoms with van der Waals surface area (Å²) in [5.41, 5.74) is 0.264. The first kappa shape index (κ1) is 20.9. The van der Waals surface area contributed by atoms with E-state index in [-0.39, 0.29) is 22.3 Å². The van der Waals surface area contributed by atoms with Crippen molar-refractivity contribution in [3.63, 3.8) is 0 Å². The number of ether oxygens (including phenoxy) is 3. The predicted molar refractivity (Wildman–Crippen MR) is 104 cm³/mol. The molecule has 8 heteroatoms. The van der Waals surface area contributed by atoms with Crippen molar-refractivity contribution in [1.82, 2.24) is 0 Å². The van der Waals surface area contributed by atoms with Crippen molar-refractivity contribution in [3.05, 3.63) is 52.5 Å². The number of anilines is 1. The molecule has 27 heavy (non-hydrogen) atoms. The predicted octanol–water partition coefficient (Wildman–Crippen LogP) is 4.34. The summed E-state index contributed by atoms with van der Waals surface area (Å²) in [6, 6.07) is 11.8. The lowest BCUT2D eigenvalue weighted by atomic mass is 10.3. The molecule has 0 aliphatic rings. The highest BCUT2D eigenvalue weighted by Crippen LogP contribution is 2.29. The second kappa shape index (κ2) is 10.6. The Hall–Kier alpha value is -2.44. The number of carbonyl (C=O) groups is 2. The monoisotopic (exact) mass is 411 g/mol. The lowest BCUT2D eigenvalue weighted by Gasteiger charge is -2.12. The molecule has 0 radical (unpaired) electrons. The molecule has 0 fully saturated rings. The van der Waals surface area contributed by atoms with Crippen molar-refractivity contribution < 1.29 is 23.8 Å². The van der Waals surface area contributed by atoms with Gasteiger partial charge in [0, 0.05) is 0 Å². The van der Waals surface area contributed by atoms with Crippen molar-refractivity contribution in [1.29, 1.82) is 0 Å². The molecule has 0 bridgehead atoms. The molecule has 1 N–H and O–H groups in total. The summed E-state index contributed by atoms with van der Waals surface area (Å²) in [4.78, 5) is 23.7. The maximum Gasteiger partial charge on any atom is 0.344 e. The lowest BCUT2D eigenvalue weighted by molar-refractivity contribution is -0.149. The zero-order valence-corrected chi connectivity index (χ0v) is 16.2. The highest BCUT2D eigenvalue weighted by Gasteiger charge is 2.13. The first-order valence-electron chi connectivity index (χ1n) is 8.25. The van der Waals surface area contributed by atoms with Gasteiger partial charge in [-0.05, 0) is 30.7 Å². The average molecular weight is 412 g/mol. The largest absolute Gasteiger partial charge is 0.490 e. The van der Waals surface area contributed by atoms with Gasteiger partial charge in [-0.25, -0.2) is 4.79 Å². The quantitative estimate of drug-likeness (QED) is 0.621. The lowest BCUT2D eigenvalue weighted by Crippen LogP contribution is -2.24. The average Bonchev–Trinajstić information content (AvgIpc) is 2.66. The Kier molecular flexibility index (Phi) is 8.23. The highest BCUT2D eigenvalue weighted by molar-refractivity contribution is 6.39. The van der Waals surface area contributed by atoms with E-state index < -0.39 is 18.5 Å².